The predicted molar refractivity (Wildman–Crippen MR) is 180 cm³/mol. The molecule has 5 saturated carbocycles. The van der Waals surface area contributed by atoms with Gasteiger partial charge in [0, 0.05) is 19.1 Å². The van der Waals surface area contributed by atoms with E-state index < -0.39 is 21.2 Å². The minimum Gasteiger partial charge on any atom is -0.392 e. The second-order valence-electron chi connectivity index (χ2n) is 17.2. The number of fused-ring (bicyclic) bond motifs is 4. The van der Waals surface area contributed by atoms with Crippen LogP contribution in [0.15, 0.2) is 35.2 Å². The number of ether oxygens (including phenoxy) is 3. The van der Waals surface area contributed by atoms with Gasteiger partial charge in [-0.25, -0.2) is 8.42 Å². The van der Waals surface area contributed by atoms with E-state index in [0.29, 0.717) is 46.7 Å². The molecule has 0 aromatic heterocycles. The number of methoxy groups -OCH3 is 1. The standard InChI is InChI=1S/C39H60O6S/c1-25(24-45-35-13-9-10-20-44-35)21-33(40)36(46(41,42)28-11-7-6-8-12-28)26(2)30-14-15-31-29-22-34(43-5)39-23-27(39)16-19-38(39,4)32(29)17-18-37(30,31)3/h6-8,11-12,25-27,29-36,40H,9-10,13-24H2,1-5H3/t25-,26+,27-,29+,30-,31+,32+,33?,34?,35?,36?,37-,38-,39+/m1/s1. The maximum Gasteiger partial charge on any atom is 0.184 e. The summed E-state index contributed by atoms with van der Waals surface area (Å²) in [5, 5.41) is 11.1. The molecule has 1 N–H and O–H groups in total. The Kier molecular flexibility index (Phi) is 9.04. The molecule has 14 atom stereocenters. The largest absolute Gasteiger partial charge is 0.392 e. The molecule has 0 radical (unpaired) electrons. The number of rotatable bonds is 11. The first-order valence-electron chi connectivity index (χ1n) is 18.7. The third-order valence-corrected chi connectivity index (χ3v) is 17.6. The van der Waals surface area contributed by atoms with E-state index in [1.54, 1.807) is 24.3 Å². The fourth-order valence-corrected chi connectivity index (χ4v) is 15.2. The Hall–Kier alpha value is -0.990. The first kappa shape index (κ1) is 33.5. The fraction of sp³-hybridized carbons (Fsp3) is 0.846. The third-order valence-electron chi connectivity index (χ3n) is 15.2. The van der Waals surface area contributed by atoms with Gasteiger partial charge in [-0.15, -0.1) is 0 Å². The van der Waals surface area contributed by atoms with E-state index in [4.69, 9.17) is 14.2 Å². The molecule has 1 heterocycles. The van der Waals surface area contributed by atoms with E-state index >= 15 is 0 Å². The molecule has 6 fully saturated rings. The maximum atomic E-state index is 14.5. The van der Waals surface area contributed by atoms with Crippen LogP contribution >= 0.6 is 0 Å². The van der Waals surface area contributed by atoms with Crippen LogP contribution in [0, 0.1) is 57.7 Å². The predicted octanol–water partition coefficient (Wildman–Crippen LogP) is 7.68. The monoisotopic (exact) mass is 656 g/mol. The molecule has 4 unspecified atom stereocenters. The molecule has 1 aliphatic heterocycles. The van der Waals surface area contributed by atoms with E-state index in [2.05, 4.69) is 27.7 Å². The van der Waals surface area contributed by atoms with Gasteiger partial charge in [0.2, 0.25) is 0 Å². The summed E-state index contributed by atoms with van der Waals surface area (Å²) < 4.78 is 47.2. The molecule has 6 aliphatic rings. The summed E-state index contributed by atoms with van der Waals surface area (Å²) in [6, 6.07) is 8.86. The highest BCUT2D eigenvalue weighted by atomic mass is 32.2. The van der Waals surface area contributed by atoms with E-state index in [1.807, 2.05) is 13.2 Å². The van der Waals surface area contributed by atoms with Crippen molar-refractivity contribution in [1.29, 1.82) is 0 Å². The molecule has 46 heavy (non-hydrogen) atoms. The van der Waals surface area contributed by atoms with Crippen molar-refractivity contribution in [2.75, 3.05) is 20.3 Å². The molecule has 5 aliphatic carbocycles. The van der Waals surface area contributed by atoms with Crippen molar-refractivity contribution in [3.63, 3.8) is 0 Å². The minimum atomic E-state index is -3.78. The van der Waals surface area contributed by atoms with Crippen LogP contribution in [-0.4, -0.2) is 57.6 Å². The molecule has 1 spiro atoms. The topological polar surface area (TPSA) is 82.1 Å². The zero-order chi connectivity index (χ0) is 32.5. The van der Waals surface area contributed by atoms with Crippen molar-refractivity contribution >= 4 is 9.84 Å². The highest BCUT2D eigenvalue weighted by molar-refractivity contribution is 7.92. The lowest BCUT2D eigenvalue weighted by molar-refractivity contribution is -0.169. The molecule has 0 bridgehead atoms. The molecule has 1 saturated heterocycles. The van der Waals surface area contributed by atoms with Gasteiger partial charge in [0.05, 0.1) is 29.0 Å². The van der Waals surface area contributed by atoms with Crippen molar-refractivity contribution in [3.05, 3.63) is 30.3 Å². The van der Waals surface area contributed by atoms with E-state index in [-0.39, 0.29) is 29.5 Å². The average Bonchev–Trinajstić information content (AvgIpc) is 3.55. The highest BCUT2D eigenvalue weighted by Gasteiger charge is 2.77. The highest BCUT2D eigenvalue weighted by Crippen LogP contribution is 2.82. The van der Waals surface area contributed by atoms with Gasteiger partial charge in [-0.1, -0.05) is 45.9 Å². The molecule has 258 valence electrons. The summed E-state index contributed by atoms with van der Waals surface area (Å²) in [5.41, 5.74) is 0.853. The number of aliphatic hydroxyl groups excluding tert-OH is 1. The van der Waals surface area contributed by atoms with Gasteiger partial charge in [-0.2, -0.15) is 0 Å². The Morgan fingerprint density at radius 1 is 1.00 bits per heavy atom. The molecule has 7 heteroatoms. The van der Waals surface area contributed by atoms with Gasteiger partial charge in [0.1, 0.15) is 0 Å². The van der Waals surface area contributed by atoms with Gasteiger partial charge in [-0.05, 0) is 141 Å². The molecule has 6 nitrogen and oxygen atoms in total. The normalized spacial score (nSPS) is 44.3. The Balaban J connectivity index is 1.13. The van der Waals surface area contributed by atoms with Crippen LogP contribution in [0.5, 0.6) is 0 Å². The van der Waals surface area contributed by atoms with Crippen molar-refractivity contribution < 1.29 is 27.7 Å². The average molecular weight is 657 g/mol. The SMILES string of the molecule is COC1C[C@H]2[C@@H]3CC[C@H]([C@H](C)C(C(O)C[C@@H](C)COC4CCCCO4)S(=O)(=O)c4ccccc4)[C@@]3(C)CC[C@@H]2[C@@]2(C)CC[C@@H]3C[C@@]132. The summed E-state index contributed by atoms with van der Waals surface area (Å²) >= 11 is 0. The van der Waals surface area contributed by atoms with Crippen LogP contribution in [0.25, 0.3) is 0 Å². The molecular formula is C39H60O6S. The molecule has 0 amide bonds. The summed E-state index contributed by atoms with van der Waals surface area (Å²) in [5.74, 6) is 2.95. The lowest BCUT2D eigenvalue weighted by Crippen LogP contribution is -2.57. The molecule has 1 aromatic rings. The van der Waals surface area contributed by atoms with Gasteiger partial charge < -0.3 is 19.3 Å². The lowest BCUT2D eigenvalue weighted by Gasteiger charge is -2.61. The second kappa shape index (κ2) is 12.4. The lowest BCUT2D eigenvalue weighted by atomic mass is 9.45. The number of benzene rings is 1. The zero-order valence-electron chi connectivity index (χ0n) is 29.0. The Bertz CT molecular complexity index is 1330. The number of aliphatic hydroxyl groups is 1. The maximum absolute atomic E-state index is 14.5. The second-order valence-corrected chi connectivity index (χ2v) is 19.3. The molecule has 7 rings (SSSR count). The fourth-order valence-electron chi connectivity index (χ4n) is 13.0. The minimum absolute atomic E-state index is 0.0162. The van der Waals surface area contributed by atoms with Gasteiger partial charge in [0.15, 0.2) is 16.1 Å². The van der Waals surface area contributed by atoms with Crippen LogP contribution in [0.3, 0.4) is 0 Å². The van der Waals surface area contributed by atoms with E-state index in [9.17, 15) is 13.5 Å². The van der Waals surface area contributed by atoms with Crippen LogP contribution in [0.2, 0.25) is 0 Å². The quantitative estimate of drug-likeness (QED) is 0.263. The number of hydrogen-bond acceptors (Lipinski definition) is 6. The van der Waals surface area contributed by atoms with Crippen molar-refractivity contribution in [3.8, 4) is 0 Å². The summed E-state index contributed by atoms with van der Waals surface area (Å²) in [6.45, 7) is 10.5. The van der Waals surface area contributed by atoms with Gasteiger partial charge >= 0.3 is 0 Å². The number of sulfone groups is 1. The summed E-state index contributed by atoms with van der Waals surface area (Å²) in [4.78, 5) is 0.322. The van der Waals surface area contributed by atoms with Crippen LogP contribution < -0.4 is 0 Å². The first-order chi connectivity index (χ1) is 22.0. The van der Waals surface area contributed by atoms with E-state index in [0.717, 1.165) is 50.5 Å². The summed E-state index contributed by atoms with van der Waals surface area (Å²) in [6.07, 6.45) is 12.5. The molecule has 1 aromatic carbocycles. The van der Waals surface area contributed by atoms with Gasteiger partial charge in [-0.3, -0.25) is 0 Å². The number of hydrogen-bond donors (Lipinski definition) is 1. The van der Waals surface area contributed by atoms with Crippen molar-refractivity contribution in [2.24, 2.45) is 57.7 Å². The Morgan fingerprint density at radius 2 is 1.78 bits per heavy atom. The zero-order valence-corrected chi connectivity index (χ0v) is 29.9. The first-order valence-corrected chi connectivity index (χ1v) is 20.2. The summed E-state index contributed by atoms with van der Waals surface area (Å²) in [7, 11) is -1.83. The van der Waals surface area contributed by atoms with Gasteiger partial charge in [0.25, 0.3) is 0 Å². The van der Waals surface area contributed by atoms with E-state index in [1.165, 1.54) is 38.5 Å². The third kappa shape index (κ3) is 5.18. The van der Waals surface area contributed by atoms with Crippen LogP contribution in [-0.2, 0) is 24.0 Å². The van der Waals surface area contributed by atoms with Crippen molar-refractivity contribution in [1.82, 2.24) is 0 Å². The van der Waals surface area contributed by atoms with Crippen molar-refractivity contribution in [2.45, 2.75) is 133 Å². The van der Waals surface area contributed by atoms with Crippen LogP contribution in [0.1, 0.15) is 105 Å². The smallest absolute Gasteiger partial charge is 0.184 e. The Morgan fingerprint density at radius 3 is 2.48 bits per heavy atom. The molecular weight excluding hydrogens is 596 g/mol. The van der Waals surface area contributed by atoms with Crippen LogP contribution in [0.4, 0.5) is 0 Å². The Labute approximate surface area is 278 Å².